The van der Waals surface area contributed by atoms with Crippen LogP contribution in [-0.4, -0.2) is 37.0 Å². The fraction of sp³-hybridized carbons (Fsp3) is 0.611. The predicted molar refractivity (Wildman–Crippen MR) is 85.2 cm³/mol. The van der Waals surface area contributed by atoms with Gasteiger partial charge in [-0.05, 0) is 62.7 Å². The monoisotopic (exact) mass is 286 g/mol. The van der Waals surface area contributed by atoms with Gasteiger partial charge in [-0.1, -0.05) is 24.3 Å². The van der Waals surface area contributed by atoms with Gasteiger partial charge in [0.2, 0.25) is 5.91 Å². The second kappa shape index (κ2) is 6.61. The lowest BCUT2D eigenvalue weighted by Crippen LogP contribution is -2.42. The number of hydrogen-bond acceptors (Lipinski definition) is 2. The molecule has 0 radical (unpaired) electrons. The molecule has 21 heavy (non-hydrogen) atoms. The van der Waals surface area contributed by atoms with Crippen molar-refractivity contribution >= 4 is 5.91 Å². The molecule has 3 nitrogen and oxygen atoms in total. The zero-order chi connectivity index (χ0) is 14.7. The van der Waals surface area contributed by atoms with E-state index in [4.69, 9.17) is 0 Å². The number of fused-ring (bicyclic) bond motifs is 1. The van der Waals surface area contributed by atoms with E-state index in [0.717, 1.165) is 45.2 Å². The van der Waals surface area contributed by atoms with E-state index < -0.39 is 0 Å². The predicted octanol–water partition coefficient (Wildman–Crippen LogP) is 2.39. The molecule has 1 fully saturated rings. The lowest BCUT2D eigenvalue weighted by atomic mass is 9.83. The number of carbonyl (C=O) groups is 1. The van der Waals surface area contributed by atoms with Crippen LogP contribution in [0.1, 0.15) is 36.8 Å². The Morgan fingerprint density at radius 3 is 2.81 bits per heavy atom. The number of carbonyl (C=O) groups excluding carboxylic acids is 1. The van der Waals surface area contributed by atoms with E-state index in [1.54, 1.807) is 0 Å². The first kappa shape index (κ1) is 14.6. The molecule has 1 N–H and O–H groups in total. The average molecular weight is 286 g/mol. The van der Waals surface area contributed by atoms with Gasteiger partial charge in [0.05, 0.1) is 0 Å². The quantitative estimate of drug-likeness (QED) is 0.905. The van der Waals surface area contributed by atoms with Gasteiger partial charge in [0.1, 0.15) is 0 Å². The van der Waals surface area contributed by atoms with Gasteiger partial charge in [-0.15, -0.1) is 0 Å². The van der Waals surface area contributed by atoms with Crippen LogP contribution < -0.4 is 5.32 Å². The van der Waals surface area contributed by atoms with Crippen molar-refractivity contribution in [3.8, 4) is 0 Å². The van der Waals surface area contributed by atoms with Crippen molar-refractivity contribution in [3.05, 3.63) is 35.4 Å². The van der Waals surface area contributed by atoms with Gasteiger partial charge in [-0.2, -0.15) is 0 Å². The van der Waals surface area contributed by atoms with E-state index in [1.165, 1.54) is 17.5 Å². The number of benzene rings is 1. The summed E-state index contributed by atoms with van der Waals surface area (Å²) < 4.78 is 0. The Hall–Kier alpha value is -1.35. The van der Waals surface area contributed by atoms with Crippen molar-refractivity contribution in [3.63, 3.8) is 0 Å². The zero-order valence-corrected chi connectivity index (χ0v) is 13.0. The molecule has 1 heterocycles. The molecule has 0 spiro atoms. The number of nitrogens with one attached hydrogen (secondary N) is 1. The summed E-state index contributed by atoms with van der Waals surface area (Å²) in [4.78, 5) is 14.9. The highest BCUT2D eigenvalue weighted by Crippen LogP contribution is 2.27. The molecule has 0 aromatic heterocycles. The van der Waals surface area contributed by atoms with Crippen molar-refractivity contribution in [2.24, 2.45) is 5.92 Å². The molecule has 2 atom stereocenters. The minimum absolute atomic E-state index is 0.182. The number of amides is 1. The van der Waals surface area contributed by atoms with Gasteiger partial charge in [0.25, 0.3) is 0 Å². The topological polar surface area (TPSA) is 32.3 Å². The van der Waals surface area contributed by atoms with Gasteiger partial charge in [0, 0.05) is 19.0 Å². The molecule has 3 rings (SSSR count). The summed E-state index contributed by atoms with van der Waals surface area (Å²) in [6.07, 6.45) is 6.38. The van der Waals surface area contributed by atoms with Crippen LogP contribution in [0.25, 0.3) is 0 Å². The fourth-order valence-corrected chi connectivity index (χ4v) is 3.76. The normalized spacial score (nSPS) is 25.8. The van der Waals surface area contributed by atoms with Crippen molar-refractivity contribution in [1.82, 2.24) is 10.2 Å². The summed E-state index contributed by atoms with van der Waals surface area (Å²) >= 11 is 0. The van der Waals surface area contributed by atoms with E-state index in [9.17, 15) is 4.79 Å². The minimum atomic E-state index is 0.182. The summed E-state index contributed by atoms with van der Waals surface area (Å²) in [5, 5.41) is 3.43. The van der Waals surface area contributed by atoms with E-state index in [2.05, 4.69) is 29.6 Å². The smallest absolute Gasteiger partial charge is 0.226 e. The lowest BCUT2D eigenvalue weighted by molar-refractivity contribution is -0.136. The Labute approximate surface area is 127 Å². The van der Waals surface area contributed by atoms with Crippen LogP contribution in [-0.2, 0) is 17.6 Å². The average Bonchev–Trinajstić information content (AvgIpc) is 2.82. The molecule has 1 aromatic carbocycles. The Morgan fingerprint density at radius 1 is 1.14 bits per heavy atom. The molecule has 1 aromatic rings. The first-order chi connectivity index (χ1) is 10.3. The number of aryl methyl sites for hydroxylation is 1. The molecule has 1 saturated heterocycles. The Balaban J connectivity index is 1.65. The van der Waals surface area contributed by atoms with E-state index in [-0.39, 0.29) is 5.92 Å². The van der Waals surface area contributed by atoms with Gasteiger partial charge < -0.3 is 10.2 Å². The third-order valence-corrected chi connectivity index (χ3v) is 5.14. The molecule has 1 aliphatic carbocycles. The molecule has 0 bridgehead atoms. The molecule has 114 valence electrons. The third kappa shape index (κ3) is 3.29. The van der Waals surface area contributed by atoms with Crippen LogP contribution >= 0.6 is 0 Å². The summed E-state index contributed by atoms with van der Waals surface area (Å²) in [7, 11) is 2.01. The molecule has 3 heteroatoms. The zero-order valence-electron chi connectivity index (χ0n) is 13.0. The summed E-state index contributed by atoms with van der Waals surface area (Å²) in [5.74, 6) is 0.539. The van der Waals surface area contributed by atoms with Crippen LogP contribution in [0.3, 0.4) is 0 Å². The maximum absolute atomic E-state index is 12.8. The Morgan fingerprint density at radius 2 is 1.95 bits per heavy atom. The molecule has 1 amide bonds. The lowest BCUT2D eigenvalue weighted by Gasteiger charge is -2.32. The van der Waals surface area contributed by atoms with Crippen LogP contribution in [0.4, 0.5) is 0 Å². The van der Waals surface area contributed by atoms with Crippen LogP contribution in [0, 0.1) is 5.92 Å². The maximum Gasteiger partial charge on any atom is 0.226 e. The Bertz CT molecular complexity index is 492. The van der Waals surface area contributed by atoms with Crippen LogP contribution in [0.2, 0.25) is 0 Å². The van der Waals surface area contributed by atoms with E-state index >= 15 is 0 Å². The molecule has 2 unspecified atom stereocenters. The second-order valence-corrected chi connectivity index (χ2v) is 6.49. The highest BCUT2D eigenvalue weighted by molar-refractivity contribution is 5.79. The van der Waals surface area contributed by atoms with E-state index in [1.807, 2.05) is 11.9 Å². The molecule has 2 aliphatic rings. The molecular formula is C18H26N2O. The standard InChI is InChI=1S/C18H26N2O/c1-20(17-7-4-11-19-12-10-17)18(21)16-9-8-14-5-2-3-6-15(14)13-16/h2-3,5-6,16-17,19H,4,7-13H2,1H3. The maximum atomic E-state index is 12.8. The summed E-state index contributed by atoms with van der Waals surface area (Å²) in [6, 6.07) is 9.00. The van der Waals surface area contributed by atoms with Gasteiger partial charge >= 0.3 is 0 Å². The largest absolute Gasteiger partial charge is 0.342 e. The highest BCUT2D eigenvalue weighted by Gasteiger charge is 2.30. The van der Waals surface area contributed by atoms with Crippen LogP contribution in [0.5, 0.6) is 0 Å². The fourth-order valence-electron chi connectivity index (χ4n) is 3.76. The molecular weight excluding hydrogens is 260 g/mol. The number of rotatable bonds is 2. The molecule has 0 saturated carbocycles. The summed E-state index contributed by atoms with van der Waals surface area (Å²) in [5.41, 5.74) is 2.81. The number of nitrogens with zero attached hydrogens (tertiary/aromatic N) is 1. The van der Waals surface area contributed by atoms with Crippen molar-refractivity contribution in [1.29, 1.82) is 0 Å². The van der Waals surface area contributed by atoms with Crippen molar-refractivity contribution in [2.45, 2.75) is 44.6 Å². The van der Waals surface area contributed by atoms with Crippen LogP contribution in [0.15, 0.2) is 24.3 Å². The first-order valence-corrected chi connectivity index (χ1v) is 8.30. The number of hydrogen-bond donors (Lipinski definition) is 1. The van der Waals surface area contributed by atoms with Crippen molar-refractivity contribution in [2.75, 3.05) is 20.1 Å². The van der Waals surface area contributed by atoms with Gasteiger partial charge in [-0.3, -0.25) is 4.79 Å². The highest BCUT2D eigenvalue weighted by atomic mass is 16.2. The Kier molecular flexibility index (Phi) is 4.59. The molecule has 1 aliphatic heterocycles. The van der Waals surface area contributed by atoms with Gasteiger partial charge in [-0.25, -0.2) is 0 Å². The van der Waals surface area contributed by atoms with E-state index in [0.29, 0.717) is 11.9 Å². The summed E-state index contributed by atoms with van der Waals surface area (Å²) in [6.45, 7) is 2.13. The third-order valence-electron chi connectivity index (χ3n) is 5.14. The van der Waals surface area contributed by atoms with Gasteiger partial charge in [0.15, 0.2) is 0 Å². The second-order valence-electron chi connectivity index (χ2n) is 6.49. The minimum Gasteiger partial charge on any atom is -0.342 e. The first-order valence-electron chi connectivity index (χ1n) is 8.30. The SMILES string of the molecule is CN(C(=O)C1CCc2ccccc2C1)C1CCCNCC1. The van der Waals surface area contributed by atoms with Crippen molar-refractivity contribution < 1.29 is 4.79 Å².